The fraction of sp³-hybridized carbons (Fsp3) is 0.786. The summed E-state index contributed by atoms with van der Waals surface area (Å²) < 4.78 is 12.4. The van der Waals surface area contributed by atoms with Crippen LogP contribution in [0.4, 0.5) is 0 Å². The first-order valence-corrected chi connectivity index (χ1v) is 7.77. The molecule has 0 unspecified atom stereocenters. The smallest absolute Gasteiger partial charge is 0.191 e. The molecule has 1 heterocycles. The molecular weight excluding hydrogens is 284 g/mol. The van der Waals surface area contributed by atoms with Crippen molar-refractivity contribution >= 4 is 5.96 Å². The molecule has 0 saturated carbocycles. The van der Waals surface area contributed by atoms with Crippen LogP contribution in [0, 0.1) is 0 Å². The molecule has 0 aliphatic carbocycles. The molecule has 0 amide bonds. The zero-order valence-corrected chi connectivity index (χ0v) is 13.8. The molecule has 0 saturated heterocycles. The van der Waals surface area contributed by atoms with Crippen LogP contribution in [-0.4, -0.2) is 67.3 Å². The predicted octanol–water partition coefficient (Wildman–Crippen LogP) is 0.0586. The molecule has 1 aromatic rings. The van der Waals surface area contributed by atoms with E-state index in [-0.39, 0.29) is 0 Å². The van der Waals surface area contributed by atoms with Crippen molar-refractivity contribution in [3.63, 3.8) is 0 Å². The molecule has 0 aliphatic heterocycles. The Morgan fingerprint density at radius 1 is 1.27 bits per heavy atom. The predicted molar refractivity (Wildman–Crippen MR) is 86.1 cm³/mol. The number of aromatic nitrogens is 3. The highest BCUT2D eigenvalue weighted by atomic mass is 16.5. The number of rotatable bonds is 11. The first-order chi connectivity index (χ1) is 10.8. The number of nitrogens with zero attached hydrogens (tertiary/aromatic N) is 4. The molecule has 22 heavy (non-hydrogen) atoms. The van der Waals surface area contributed by atoms with Gasteiger partial charge >= 0.3 is 0 Å². The van der Waals surface area contributed by atoms with Crippen molar-refractivity contribution in [1.29, 1.82) is 0 Å². The van der Waals surface area contributed by atoms with Crippen molar-refractivity contribution in [3.8, 4) is 0 Å². The van der Waals surface area contributed by atoms with Crippen LogP contribution in [0.2, 0.25) is 0 Å². The summed E-state index contributed by atoms with van der Waals surface area (Å²) in [6.45, 7) is 8.93. The van der Waals surface area contributed by atoms with Gasteiger partial charge in [-0.05, 0) is 6.92 Å². The fourth-order valence-electron chi connectivity index (χ4n) is 1.84. The molecule has 1 aromatic heterocycles. The molecule has 0 spiro atoms. The summed E-state index contributed by atoms with van der Waals surface area (Å²) in [5.41, 5.74) is 0. The maximum atomic E-state index is 5.39. The first-order valence-electron chi connectivity index (χ1n) is 7.77. The Morgan fingerprint density at radius 2 is 2.14 bits per heavy atom. The third-order valence-electron chi connectivity index (χ3n) is 2.94. The summed E-state index contributed by atoms with van der Waals surface area (Å²) in [6.07, 6.45) is 2.64. The van der Waals surface area contributed by atoms with Gasteiger partial charge < -0.3 is 24.7 Å². The van der Waals surface area contributed by atoms with E-state index < -0.39 is 0 Å². The van der Waals surface area contributed by atoms with Crippen LogP contribution in [-0.2, 0) is 22.4 Å². The van der Waals surface area contributed by atoms with Gasteiger partial charge in [0.15, 0.2) is 5.96 Å². The molecular formula is C14H28N6O2. The van der Waals surface area contributed by atoms with E-state index in [0.29, 0.717) is 26.4 Å². The SMILES string of the molecule is CCNC(=NCCOCCOC)NCCn1cnnc1CC. The molecule has 0 bridgehead atoms. The van der Waals surface area contributed by atoms with E-state index >= 15 is 0 Å². The van der Waals surface area contributed by atoms with Crippen molar-refractivity contribution in [2.75, 3.05) is 46.6 Å². The van der Waals surface area contributed by atoms with Crippen LogP contribution in [0.15, 0.2) is 11.3 Å². The van der Waals surface area contributed by atoms with Crippen molar-refractivity contribution in [2.24, 2.45) is 4.99 Å². The number of nitrogens with one attached hydrogen (secondary N) is 2. The van der Waals surface area contributed by atoms with E-state index in [1.807, 2.05) is 11.5 Å². The average Bonchev–Trinajstić information content (AvgIpc) is 2.98. The number of hydrogen-bond acceptors (Lipinski definition) is 5. The zero-order chi connectivity index (χ0) is 16.0. The van der Waals surface area contributed by atoms with E-state index in [4.69, 9.17) is 9.47 Å². The van der Waals surface area contributed by atoms with E-state index in [2.05, 4.69) is 32.7 Å². The second kappa shape index (κ2) is 11.9. The van der Waals surface area contributed by atoms with E-state index in [1.54, 1.807) is 13.4 Å². The largest absolute Gasteiger partial charge is 0.382 e. The third kappa shape index (κ3) is 7.37. The van der Waals surface area contributed by atoms with Crippen molar-refractivity contribution < 1.29 is 9.47 Å². The lowest BCUT2D eigenvalue weighted by Crippen LogP contribution is -2.39. The van der Waals surface area contributed by atoms with Gasteiger partial charge in [-0.15, -0.1) is 10.2 Å². The summed E-state index contributed by atoms with van der Waals surface area (Å²) in [4.78, 5) is 4.46. The van der Waals surface area contributed by atoms with Crippen LogP contribution in [0.5, 0.6) is 0 Å². The van der Waals surface area contributed by atoms with Crippen molar-refractivity contribution in [2.45, 2.75) is 26.8 Å². The summed E-state index contributed by atoms with van der Waals surface area (Å²) in [5.74, 6) is 1.79. The molecule has 8 nitrogen and oxygen atoms in total. The monoisotopic (exact) mass is 312 g/mol. The van der Waals surface area contributed by atoms with Gasteiger partial charge in [0, 0.05) is 33.2 Å². The maximum Gasteiger partial charge on any atom is 0.191 e. The minimum Gasteiger partial charge on any atom is -0.382 e. The van der Waals surface area contributed by atoms with Crippen LogP contribution >= 0.6 is 0 Å². The molecule has 0 atom stereocenters. The number of hydrogen-bond donors (Lipinski definition) is 2. The lowest BCUT2D eigenvalue weighted by molar-refractivity contribution is 0.0748. The van der Waals surface area contributed by atoms with Gasteiger partial charge in [-0.3, -0.25) is 4.99 Å². The number of aliphatic imine (C=N–C) groups is 1. The highest BCUT2D eigenvalue weighted by molar-refractivity contribution is 5.79. The Balaban J connectivity index is 2.27. The highest BCUT2D eigenvalue weighted by Gasteiger charge is 2.02. The Kier molecular flexibility index (Phi) is 9.97. The van der Waals surface area contributed by atoms with Gasteiger partial charge in [0.1, 0.15) is 12.2 Å². The van der Waals surface area contributed by atoms with Gasteiger partial charge in [-0.2, -0.15) is 0 Å². The maximum absolute atomic E-state index is 5.39. The minimum atomic E-state index is 0.589. The van der Waals surface area contributed by atoms with Gasteiger partial charge in [0.2, 0.25) is 0 Å². The molecule has 0 fully saturated rings. The molecule has 1 rings (SSSR count). The van der Waals surface area contributed by atoms with E-state index in [1.165, 1.54) is 0 Å². The molecule has 2 N–H and O–H groups in total. The second-order valence-electron chi connectivity index (χ2n) is 4.59. The standard InChI is InChI=1S/C14H28N6O2/c1-4-13-19-18-12-20(13)8-6-16-14(15-5-2)17-7-9-22-11-10-21-3/h12H,4-11H2,1-3H3,(H2,15,16,17). The van der Waals surface area contributed by atoms with Crippen molar-refractivity contribution in [3.05, 3.63) is 12.2 Å². The molecule has 0 aliphatic rings. The second-order valence-corrected chi connectivity index (χ2v) is 4.59. The number of ether oxygens (including phenoxy) is 2. The number of guanidine groups is 1. The van der Waals surface area contributed by atoms with Gasteiger partial charge in [-0.1, -0.05) is 6.92 Å². The Labute approximate surface area is 132 Å². The summed E-state index contributed by atoms with van der Waals surface area (Å²) in [6, 6.07) is 0. The first kappa shape index (κ1) is 18.4. The average molecular weight is 312 g/mol. The summed E-state index contributed by atoms with van der Waals surface area (Å²) in [7, 11) is 1.66. The van der Waals surface area contributed by atoms with Gasteiger partial charge in [-0.25, -0.2) is 0 Å². The van der Waals surface area contributed by atoms with Crippen LogP contribution in [0.25, 0.3) is 0 Å². The molecule has 0 radical (unpaired) electrons. The molecule has 0 aromatic carbocycles. The fourth-order valence-corrected chi connectivity index (χ4v) is 1.84. The molecule has 126 valence electrons. The third-order valence-corrected chi connectivity index (χ3v) is 2.94. The van der Waals surface area contributed by atoms with Crippen LogP contribution in [0.3, 0.4) is 0 Å². The normalized spacial score (nSPS) is 11.7. The highest BCUT2D eigenvalue weighted by Crippen LogP contribution is 1.94. The lowest BCUT2D eigenvalue weighted by atomic mass is 10.4. The summed E-state index contributed by atoms with van der Waals surface area (Å²) >= 11 is 0. The van der Waals surface area contributed by atoms with E-state index in [9.17, 15) is 0 Å². The Morgan fingerprint density at radius 3 is 2.86 bits per heavy atom. The van der Waals surface area contributed by atoms with Crippen molar-refractivity contribution in [1.82, 2.24) is 25.4 Å². The number of methoxy groups -OCH3 is 1. The Bertz CT molecular complexity index is 421. The van der Waals surface area contributed by atoms with E-state index in [0.717, 1.165) is 37.8 Å². The minimum absolute atomic E-state index is 0.589. The zero-order valence-electron chi connectivity index (χ0n) is 13.8. The topological polar surface area (TPSA) is 85.6 Å². The number of aryl methyl sites for hydroxylation is 1. The lowest BCUT2D eigenvalue weighted by Gasteiger charge is -2.12. The van der Waals surface area contributed by atoms with Gasteiger partial charge in [0.05, 0.1) is 26.4 Å². The van der Waals surface area contributed by atoms with Gasteiger partial charge in [0.25, 0.3) is 0 Å². The molecule has 8 heteroatoms. The van der Waals surface area contributed by atoms with Crippen LogP contribution in [0.1, 0.15) is 19.7 Å². The summed E-state index contributed by atoms with van der Waals surface area (Å²) in [5, 5.41) is 14.5. The Hall–Kier alpha value is -1.67. The van der Waals surface area contributed by atoms with Crippen LogP contribution < -0.4 is 10.6 Å². The quantitative estimate of drug-likeness (QED) is 0.341.